The number of sulfonamides is 1. The second kappa shape index (κ2) is 5.96. The zero-order valence-corrected chi connectivity index (χ0v) is 11.9. The summed E-state index contributed by atoms with van der Waals surface area (Å²) in [5.41, 5.74) is -0.358. The van der Waals surface area contributed by atoms with E-state index in [0.29, 0.717) is 6.61 Å². The quantitative estimate of drug-likeness (QED) is 0.880. The molecule has 0 unspecified atom stereocenters. The smallest absolute Gasteiger partial charge is 0.263 e. The van der Waals surface area contributed by atoms with Gasteiger partial charge in [0.25, 0.3) is 10.0 Å². The van der Waals surface area contributed by atoms with Gasteiger partial charge in [0.15, 0.2) is 11.6 Å². The molecule has 0 atom stereocenters. The molecule has 0 saturated heterocycles. The van der Waals surface area contributed by atoms with E-state index >= 15 is 0 Å². The first-order valence-corrected chi connectivity index (χ1v) is 7.54. The van der Waals surface area contributed by atoms with E-state index in [2.05, 4.69) is 9.71 Å². The Labute approximate surface area is 120 Å². The van der Waals surface area contributed by atoms with Crippen molar-refractivity contribution in [1.82, 2.24) is 4.98 Å². The fourth-order valence-electron chi connectivity index (χ4n) is 1.61. The van der Waals surface area contributed by atoms with Crippen LogP contribution in [-0.4, -0.2) is 20.0 Å². The second-order valence-electron chi connectivity index (χ2n) is 4.07. The molecule has 0 aliphatic heterocycles. The number of nitrogens with one attached hydrogen (secondary N) is 2. The normalized spacial score (nSPS) is 11.1. The van der Waals surface area contributed by atoms with Crippen molar-refractivity contribution in [2.75, 3.05) is 11.3 Å². The second-order valence-corrected chi connectivity index (χ2v) is 5.75. The number of hydrogen-bond donors (Lipinski definition) is 2. The summed E-state index contributed by atoms with van der Waals surface area (Å²) in [6.45, 7) is 2.02. The minimum Gasteiger partial charge on any atom is -0.491 e. The Morgan fingerprint density at radius 1 is 1.29 bits per heavy atom. The van der Waals surface area contributed by atoms with E-state index in [1.54, 1.807) is 6.92 Å². The monoisotopic (exact) mass is 312 g/mol. The molecule has 6 nitrogen and oxygen atoms in total. The van der Waals surface area contributed by atoms with Crippen LogP contribution in [0.15, 0.2) is 46.2 Å². The van der Waals surface area contributed by atoms with E-state index in [0.717, 1.165) is 24.4 Å². The molecule has 2 rings (SSSR count). The maximum Gasteiger partial charge on any atom is 0.263 e. The molecule has 112 valence electrons. The average Bonchev–Trinajstić information content (AvgIpc) is 2.42. The molecule has 2 N–H and O–H groups in total. The van der Waals surface area contributed by atoms with Crippen molar-refractivity contribution < 1.29 is 17.5 Å². The molecule has 2 aromatic rings. The molecule has 0 bridgehead atoms. The number of hydrogen-bond acceptors (Lipinski definition) is 4. The van der Waals surface area contributed by atoms with Crippen LogP contribution in [0.3, 0.4) is 0 Å². The Kier molecular flexibility index (Phi) is 4.27. The Balaban J connectivity index is 2.26. The average molecular weight is 312 g/mol. The number of pyridine rings is 1. The SMILES string of the molecule is CCOc1ccc(NS(=O)(=O)c2ccc(=O)[nH]c2)cc1F. The first-order chi connectivity index (χ1) is 9.92. The van der Waals surface area contributed by atoms with Gasteiger partial charge >= 0.3 is 0 Å². The van der Waals surface area contributed by atoms with E-state index in [4.69, 9.17) is 4.74 Å². The van der Waals surface area contributed by atoms with Crippen LogP contribution in [0.2, 0.25) is 0 Å². The highest BCUT2D eigenvalue weighted by atomic mass is 32.2. The fraction of sp³-hybridized carbons (Fsp3) is 0.154. The molecule has 0 aliphatic carbocycles. The van der Waals surface area contributed by atoms with E-state index < -0.39 is 21.4 Å². The zero-order valence-electron chi connectivity index (χ0n) is 11.1. The van der Waals surface area contributed by atoms with Crippen molar-refractivity contribution in [3.05, 3.63) is 52.7 Å². The van der Waals surface area contributed by atoms with Gasteiger partial charge < -0.3 is 9.72 Å². The number of anilines is 1. The van der Waals surface area contributed by atoms with E-state index in [9.17, 15) is 17.6 Å². The number of rotatable bonds is 5. The third-order valence-electron chi connectivity index (χ3n) is 2.55. The highest BCUT2D eigenvalue weighted by molar-refractivity contribution is 7.92. The van der Waals surface area contributed by atoms with Crippen molar-refractivity contribution >= 4 is 15.7 Å². The number of H-pyrrole nitrogens is 1. The molecular formula is C13H13FN2O4S. The van der Waals surface area contributed by atoms with E-state index in [1.165, 1.54) is 12.1 Å². The zero-order chi connectivity index (χ0) is 15.5. The van der Waals surface area contributed by atoms with Crippen LogP contribution in [0.1, 0.15) is 6.92 Å². The highest BCUT2D eigenvalue weighted by Crippen LogP contribution is 2.23. The van der Waals surface area contributed by atoms with E-state index in [1.807, 2.05) is 0 Å². The Morgan fingerprint density at radius 2 is 2.05 bits per heavy atom. The summed E-state index contributed by atoms with van der Waals surface area (Å²) < 4.78 is 45.0. The minimum atomic E-state index is -3.90. The lowest BCUT2D eigenvalue weighted by atomic mass is 10.3. The highest BCUT2D eigenvalue weighted by Gasteiger charge is 2.15. The van der Waals surface area contributed by atoms with E-state index in [-0.39, 0.29) is 16.3 Å². The van der Waals surface area contributed by atoms with Crippen molar-refractivity contribution in [2.24, 2.45) is 0 Å². The summed E-state index contributed by atoms with van der Waals surface area (Å²) in [6, 6.07) is 5.99. The molecule has 0 radical (unpaired) electrons. The van der Waals surface area contributed by atoms with Crippen LogP contribution in [-0.2, 0) is 10.0 Å². The van der Waals surface area contributed by atoms with Gasteiger partial charge in [-0.3, -0.25) is 9.52 Å². The first-order valence-electron chi connectivity index (χ1n) is 6.06. The molecule has 1 heterocycles. The van der Waals surface area contributed by atoms with Crippen LogP contribution >= 0.6 is 0 Å². The molecule has 0 fully saturated rings. The van der Waals surface area contributed by atoms with Crippen molar-refractivity contribution in [2.45, 2.75) is 11.8 Å². The maximum absolute atomic E-state index is 13.7. The molecule has 0 saturated carbocycles. The Morgan fingerprint density at radius 3 is 2.62 bits per heavy atom. The van der Waals surface area contributed by atoms with Crippen LogP contribution in [0.25, 0.3) is 0 Å². The number of halogens is 1. The molecule has 0 aliphatic rings. The number of aromatic amines is 1. The minimum absolute atomic E-state index is 0.0458. The van der Waals surface area contributed by atoms with Crippen LogP contribution in [0, 0.1) is 5.82 Å². The topological polar surface area (TPSA) is 88.3 Å². The van der Waals surface area contributed by atoms with Gasteiger partial charge in [-0.2, -0.15) is 0 Å². The van der Waals surface area contributed by atoms with Gasteiger partial charge in [-0.25, -0.2) is 12.8 Å². The van der Waals surface area contributed by atoms with Crippen molar-refractivity contribution in [1.29, 1.82) is 0 Å². The lowest BCUT2D eigenvalue weighted by molar-refractivity contribution is 0.321. The number of ether oxygens (including phenoxy) is 1. The van der Waals surface area contributed by atoms with Gasteiger partial charge in [0.2, 0.25) is 5.56 Å². The summed E-state index contributed by atoms with van der Waals surface area (Å²) >= 11 is 0. The van der Waals surface area contributed by atoms with Crippen LogP contribution in [0.5, 0.6) is 5.75 Å². The largest absolute Gasteiger partial charge is 0.491 e. The Hall–Kier alpha value is -2.35. The lowest BCUT2D eigenvalue weighted by Gasteiger charge is -2.09. The van der Waals surface area contributed by atoms with Crippen LogP contribution < -0.4 is 15.0 Å². The fourth-order valence-corrected chi connectivity index (χ4v) is 2.63. The molecule has 0 amide bonds. The van der Waals surface area contributed by atoms with Crippen molar-refractivity contribution in [3.8, 4) is 5.75 Å². The summed E-state index contributed by atoms with van der Waals surface area (Å²) in [6.07, 6.45) is 1.07. The lowest BCUT2D eigenvalue weighted by Crippen LogP contribution is -2.15. The van der Waals surface area contributed by atoms with Gasteiger partial charge in [-0.05, 0) is 25.1 Å². The predicted octanol–water partition coefficient (Wildman–Crippen LogP) is 1.71. The van der Waals surface area contributed by atoms with Gasteiger partial charge in [-0.15, -0.1) is 0 Å². The van der Waals surface area contributed by atoms with Gasteiger partial charge in [0.05, 0.1) is 12.3 Å². The predicted molar refractivity (Wildman–Crippen MR) is 75.4 cm³/mol. The third kappa shape index (κ3) is 3.60. The van der Waals surface area contributed by atoms with Gasteiger partial charge in [0.1, 0.15) is 4.90 Å². The molecular weight excluding hydrogens is 299 g/mol. The van der Waals surface area contributed by atoms with Crippen LogP contribution in [0.4, 0.5) is 10.1 Å². The molecule has 8 heteroatoms. The molecule has 1 aromatic heterocycles. The third-order valence-corrected chi connectivity index (χ3v) is 3.93. The molecule has 21 heavy (non-hydrogen) atoms. The summed E-state index contributed by atoms with van der Waals surface area (Å²) in [7, 11) is -3.90. The standard InChI is InChI=1S/C13H13FN2O4S/c1-2-20-12-5-3-9(7-11(12)14)16-21(18,19)10-4-6-13(17)15-8-10/h3-8,16H,2H2,1H3,(H,15,17). The number of benzene rings is 1. The molecule has 1 aromatic carbocycles. The van der Waals surface area contributed by atoms with Gasteiger partial charge in [0, 0.05) is 18.3 Å². The summed E-state index contributed by atoms with van der Waals surface area (Å²) in [5.74, 6) is -0.622. The maximum atomic E-state index is 13.7. The first kappa shape index (κ1) is 15.0. The van der Waals surface area contributed by atoms with Crippen molar-refractivity contribution in [3.63, 3.8) is 0 Å². The Bertz CT molecular complexity index is 782. The number of aromatic nitrogens is 1. The molecule has 0 spiro atoms. The summed E-state index contributed by atoms with van der Waals surface area (Å²) in [4.78, 5) is 13.0. The summed E-state index contributed by atoms with van der Waals surface area (Å²) in [5, 5.41) is 0. The van der Waals surface area contributed by atoms with Gasteiger partial charge in [-0.1, -0.05) is 0 Å².